The lowest BCUT2D eigenvalue weighted by molar-refractivity contribution is 0.252. The highest BCUT2D eigenvalue weighted by Gasteiger charge is 2.05. The molecule has 0 bridgehead atoms. The highest BCUT2D eigenvalue weighted by molar-refractivity contribution is 6.31. The molecule has 0 saturated heterocycles. The number of aromatic nitrogens is 3. The monoisotopic (exact) mass is 374 g/mol. The Labute approximate surface area is 154 Å². The van der Waals surface area contributed by atoms with Crippen LogP contribution < -0.4 is 16.0 Å². The van der Waals surface area contributed by atoms with Gasteiger partial charge in [0.1, 0.15) is 23.8 Å². The second kappa shape index (κ2) is 8.30. The minimum atomic E-state index is -0.536. The molecular formula is C17H16ClFN6O. The lowest BCUT2D eigenvalue weighted by atomic mass is 10.3. The quantitative estimate of drug-likeness (QED) is 0.578. The second-order valence-electron chi connectivity index (χ2n) is 5.29. The van der Waals surface area contributed by atoms with Gasteiger partial charge in [-0.1, -0.05) is 11.6 Å². The summed E-state index contributed by atoms with van der Waals surface area (Å²) in [5.74, 6) is 0.855. The number of amides is 2. The lowest BCUT2D eigenvalue weighted by Gasteiger charge is -2.10. The van der Waals surface area contributed by atoms with Crippen molar-refractivity contribution >= 4 is 29.1 Å². The van der Waals surface area contributed by atoms with Crippen LogP contribution in [-0.2, 0) is 0 Å². The van der Waals surface area contributed by atoms with Crippen LogP contribution in [0.25, 0.3) is 5.82 Å². The van der Waals surface area contributed by atoms with E-state index in [1.54, 1.807) is 6.07 Å². The predicted molar refractivity (Wildman–Crippen MR) is 98.3 cm³/mol. The zero-order chi connectivity index (χ0) is 18.4. The number of carbonyl (C=O) groups is 1. The van der Waals surface area contributed by atoms with Gasteiger partial charge >= 0.3 is 6.03 Å². The molecule has 3 aromatic rings. The maximum atomic E-state index is 13.1. The molecule has 2 heterocycles. The molecular weight excluding hydrogens is 359 g/mol. The number of urea groups is 1. The van der Waals surface area contributed by atoms with Crippen molar-refractivity contribution in [3.8, 4) is 5.82 Å². The van der Waals surface area contributed by atoms with Crippen LogP contribution >= 0.6 is 11.6 Å². The fourth-order valence-corrected chi connectivity index (χ4v) is 2.37. The molecule has 0 aliphatic rings. The molecule has 0 aliphatic carbocycles. The smallest absolute Gasteiger partial charge is 0.319 e. The van der Waals surface area contributed by atoms with Crippen molar-refractivity contribution in [2.75, 3.05) is 23.7 Å². The first-order valence-corrected chi connectivity index (χ1v) is 8.19. The molecule has 9 heteroatoms. The zero-order valence-electron chi connectivity index (χ0n) is 13.6. The van der Waals surface area contributed by atoms with Crippen molar-refractivity contribution < 1.29 is 9.18 Å². The normalized spacial score (nSPS) is 10.4. The van der Waals surface area contributed by atoms with E-state index in [0.717, 1.165) is 5.82 Å². The maximum Gasteiger partial charge on any atom is 0.319 e. The molecule has 3 N–H and O–H groups in total. The highest BCUT2D eigenvalue weighted by atomic mass is 35.5. The van der Waals surface area contributed by atoms with Gasteiger partial charge < -0.3 is 20.5 Å². The van der Waals surface area contributed by atoms with Gasteiger partial charge in [-0.05, 0) is 30.3 Å². The fourth-order valence-electron chi connectivity index (χ4n) is 2.19. The van der Waals surface area contributed by atoms with E-state index in [1.165, 1.54) is 24.5 Å². The van der Waals surface area contributed by atoms with Crippen LogP contribution in [0.3, 0.4) is 0 Å². The average Bonchev–Trinajstić information content (AvgIpc) is 3.17. The van der Waals surface area contributed by atoms with Crippen LogP contribution in [0.15, 0.2) is 55.1 Å². The molecule has 7 nitrogen and oxygen atoms in total. The van der Waals surface area contributed by atoms with Crippen molar-refractivity contribution in [1.29, 1.82) is 0 Å². The Balaban J connectivity index is 1.44. The Morgan fingerprint density at radius 1 is 1.15 bits per heavy atom. The molecule has 0 spiro atoms. The summed E-state index contributed by atoms with van der Waals surface area (Å²) in [4.78, 5) is 20.1. The molecule has 0 atom stereocenters. The Hall–Kier alpha value is -3.13. The standard InChI is InChI=1S/C17H16ClFN6O/c18-13-9-12(3-4-14(13)19)24-17(26)21-6-5-20-15-10-16(23-11-22-15)25-7-1-2-8-25/h1-4,7-11H,5-6H2,(H,20,22,23)(H2,21,24,26). The first-order chi connectivity index (χ1) is 12.6. The minimum Gasteiger partial charge on any atom is -0.368 e. The van der Waals surface area contributed by atoms with Gasteiger partial charge in [-0.2, -0.15) is 0 Å². The first kappa shape index (κ1) is 17.7. The summed E-state index contributed by atoms with van der Waals surface area (Å²) in [6.45, 7) is 0.837. The van der Waals surface area contributed by atoms with Gasteiger partial charge in [0.15, 0.2) is 0 Å². The maximum absolute atomic E-state index is 13.1. The summed E-state index contributed by atoms with van der Waals surface area (Å²) < 4.78 is 15.0. The molecule has 0 aliphatic heterocycles. The number of hydrogen-bond donors (Lipinski definition) is 3. The van der Waals surface area contributed by atoms with E-state index in [9.17, 15) is 9.18 Å². The Kier molecular flexibility index (Phi) is 5.65. The number of benzene rings is 1. The Morgan fingerprint density at radius 2 is 1.96 bits per heavy atom. The SMILES string of the molecule is O=C(NCCNc1cc(-n2cccc2)ncn1)Nc1ccc(F)c(Cl)c1. The van der Waals surface area contributed by atoms with Crippen molar-refractivity contribution in [2.45, 2.75) is 0 Å². The largest absolute Gasteiger partial charge is 0.368 e. The second-order valence-corrected chi connectivity index (χ2v) is 5.70. The molecule has 0 fully saturated rings. The molecule has 134 valence electrons. The number of nitrogens with zero attached hydrogens (tertiary/aromatic N) is 3. The Bertz CT molecular complexity index is 887. The number of anilines is 2. The van der Waals surface area contributed by atoms with Crippen LogP contribution in [0, 0.1) is 5.82 Å². The molecule has 0 saturated carbocycles. The zero-order valence-corrected chi connectivity index (χ0v) is 14.4. The van der Waals surface area contributed by atoms with Crippen molar-refractivity contribution in [2.24, 2.45) is 0 Å². The molecule has 2 amide bonds. The fraction of sp³-hybridized carbons (Fsp3) is 0.118. The molecule has 1 aromatic carbocycles. The van der Waals surface area contributed by atoms with E-state index < -0.39 is 11.8 Å². The van der Waals surface area contributed by atoms with E-state index in [1.807, 2.05) is 29.1 Å². The third-order valence-electron chi connectivity index (χ3n) is 3.42. The van der Waals surface area contributed by atoms with Gasteiger partial charge in [-0.15, -0.1) is 0 Å². The van der Waals surface area contributed by atoms with Gasteiger partial charge in [0.2, 0.25) is 0 Å². The van der Waals surface area contributed by atoms with E-state index >= 15 is 0 Å². The lowest BCUT2D eigenvalue weighted by Crippen LogP contribution is -2.32. The number of halogens is 2. The van der Waals surface area contributed by atoms with Crippen molar-refractivity contribution in [1.82, 2.24) is 19.9 Å². The van der Waals surface area contributed by atoms with Gasteiger partial charge in [0.05, 0.1) is 5.02 Å². The number of rotatable bonds is 6. The van der Waals surface area contributed by atoms with Gasteiger partial charge in [0.25, 0.3) is 0 Å². The first-order valence-electron chi connectivity index (χ1n) is 7.81. The summed E-state index contributed by atoms with van der Waals surface area (Å²) in [5, 5.41) is 8.31. The topological polar surface area (TPSA) is 83.9 Å². The van der Waals surface area contributed by atoms with Gasteiger partial charge in [-0.25, -0.2) is 19.2 Å². The Morgan fingerprint density at radius 3 is 2.73 bits per heavy atom. The summed E-state index contributed by atoms with van der Waals surface area (Å²) in [6.07, 6.45) is 5.25. The van der Waals surface area contributed by atoms with E-state index in [4.69, 9.17) is 11.6 Å². The van der Waals surface area contributed by atoms with E-state index in [-0.39, 0.29) is 5.02 Å². The number of hydrogen-bond acceptors (Lipinski definition) is 4. The van der Waals surface area contributed by atoms with Crippen LogP contribution in [0.4, 0.5) is 20.7 Å². The summed E-state index contributed by atoms with van der Waals surface area (Å²) in [6, 6.07) is 9.18. The number of carbonyl (C=O) groups excluding carboxylic acids is 1. The number of nitrogens with one attached hydrogen (secondary N) is 3. The summed E-state index contributed by atoms with van der Waals surface area (Å²) >= 11 is 5.67. The summed E-state index contributed by atoms with van der Waals surface area (Å²) in [5.41, 5.74) is 0.411. The third-order valence-corrected chi connectivity index (χ3v) is 3.71. The van der Waals surface area contributed by atoms with Crippen molar-refractivity contribution in [3.63, 3.8) is 0 Å². The summed E-state index contributed by atoms with van der Waals surface area (Å²) in [7, 11) is 0. The van der Waals surface area contributed by atoms with E-state index in [0.29, 0.717) is 24.6 Å². The van der Waals surface area contributed by atoms with E-state index in [2.05, 4.69) is 25.9 Å². The molecule has 0 unspecified atom stereocenters. The van der Waals surface area contributed by atoms with Crippen LogP contribution in [0.5, 0.6) is 0 Å². The van der Waals surface area contributed by atoms with Crippen LogP contribution in [0.2, 0.25) is 5.02 Å². The highest BCUT2D eigenvalue weighted by Crippen LogP contribution is 2.19. The van der Waals surface area contributed by atoms with Gasteiger partial charge in [0, 0.05) is 37.2 Å². The molecule has 26 heavy (non-hydrogen) atoms. The third kappa shape index (κ3) is 4.70. The van der Waals surface area contributed by atoms with Crippen molar-refractivity contribution in [3.05, 3.63) is 66.0 Å². The molecule has 0 radical (unpaired) electrons. The van der Waals surface area contributed by atoms with Crippen LogP contribution in [-0.4, -0.2) is 33.7 Å². The molecule has 2 aromatic heterocycles. The van der Waals surface area contributed by atoms with Gasteiger partial charge in [-0.3, -0.25) is 0 Å². The minimum absolute atomic E-state index is 0.0493. The average molecular weight is 375 g/mol. The predicted octanol–water partition coefficient (Wildman–Crippen LogP) is 3.29. The molecule has 3 rings (SSSR count). The van der Waals surface area contributed by atoms with Crippen LogP contribution in [0.1, 0.15) is 0 Å².